The van der Waals surface area contributed by atoms with Crippen molar-refractivity contribution >= 4 is 28.9 Å². The molecule has 1 heterocycles. The number of nitrogens with zero attached hydrogens (tertiary/aromatic N) is 2. The van der Waals surface area contributed by atoms with Crippen LogP contribution < -0.4 is 15.1 Å². The molecule has 0 aliphatic carbocycles. The van der Waals surface area contributed by atoms with Gasteiger partial charge >= 0.3 is 0 Å². The van der Waals surface area contributed by atoms with Gasteiger partial charge in [0, 0.05) is 44.1 Å². The number of carbonyl (C=O) groups is 2. The van der Waals surface area contributed by atoms with E-state index in [-0.39, 0.29) is 11.8 Å². The highest BCUT2D eigenvalue weighted by molar-refractivity contribution is 5.95. The number of carbonyl (C=O) groups excluding carboxylic acids is 2. The van der Waals surface area contributed by atoms with Crippen molar-refractivity contribution in [3.8, 4) is 0 Å². The Bertz CT molecular complexity index is 752. The summed E-state index contributed by atoms with van der Waals surface area (Å²) in [4.78, 5) is 27.8. The first-order valence-electron chi connectivity index (χ1n) is 8.49. The van der Waals surface area contributed by atoms with Crippen molar-refractivity contribution in [1.29, 1.82) is 0 Å². The van der Waals surface area contributed by atoms with Gasteiger partial charge in [-0.1, -0.05) is 12.1 Å². The number of rotatable bonds is 5. The van der Waals surface area contributed by atoms with Crippen LogP contribution >= 0.6 is 0 Å². The number of benzene rings is 2. The predicted octanol–water partition coefficient (Wildman–Crippen LogP) is 3.06. The fraction of sp³-hybridized carbons (Fsp3) is 0.300. The van der Waals surface area contributed by atoms with Gasteiger partial charge in [-0.25, -0.2) is 0 Å². The lowest BCUT2D eigenvalue weighted by Gasteiger charge is -2.16. The maximum Gasteiger partial charge on any atom is 0.228 e. The van der Waals surface area contributed by atoms with E-state index in [1.165, 1.54) is 0 Å². The summed E-state index contributed by atoms with van der Waals surface area (Å²) in [6.07, 6.45) is 1.84. The van der Waals surface area contributed by atoms with E-state index in [1.807, 2.05) is 67.5 Å². The normalized spacial score (nSPS) is 13.8. The smallest absolute Gasteiger partial charge is 0.228 e. The Labute approximate surface area is 148 Å². The van der Waals surface area contributed by atoms with Gasteiger partial charge in [-0.2, -0.15) is 0 Å². The molecule has 0 spiro atoms. The van der Waals surface area contributed by atoms with E-state index in [1.54, 1.807) is 4.90 Å². The van der Waals surface area contributed by atoms with E-state index in [0.717, 1.165) is 35.6 Å². The molecule has 0 saturated carbocycles. The molecule has 1 saturated heterocycles. The van der Waals surface area contributed by atoms with Crippen LogP contribution in [0.4, 0.5) is 17.1 Å². The van der Waals surface area contributed by atoms with Crippen molar-refractivity contribution in [3.63, 3.8) is 0 Å². The fourth-order valence-electron chi connectivity index (χ4n) is 2.95. The third-order valence-corrected chi connectivity index (χ3v) is 4.35. The minimum absolute atomic E-state index is 0.0531. The van der Waals surface area contributed by atoms with Gasteiger partial charge in [0.25, 0.3) is 0 Å². The van der Waals surface area contributed by atoms with Crippen molar-refractivity contribution in [1.82, 2.24) is 0 Å². The number of nitrogens with one attached hydrogen (secondary N) is 1. The largest absolute Gasteiger partial charge is 0.378 e. The zero-order valence-corrected chi connectivity index (χ0v) is 14.7. The maximum absolute atomic E-state index is 12.2. The Morgan fingerprint density at radius 2 is 1.76 bits per heavy atom. The molecule has 1 fully saturated rings. The second-order valence-electron chi connectivity index (χ2n) is 6.48. The molecule has 130 valence electrons. The second kappa shape index (κ2) is 7.38. The number of anilines is 3. The number of hydrogen-bond acceptors (Lipinski definition) is 3. The highest BCUT2D eigenvalue weighted by Gasteiger charge is 2.21. The molecule has 0 aromatic heterocycles. The molecule has 1 aliphatic rings. The van der Waals surface area contributed by atoms with Crippen LogP contribution in [-0.2, 0) is 16.0 Å². The van der Waals surface area contributed by atoms with E-state index in [4.69, 9.17) is 0 Å². The number of amides is 2. The topological polar surface area (TPSA) is 52.7 Å². The van der Waals surface area contributed by atoms with Gasteiger partial charge in [0.2, 0.25) is 11.8 Å². The molecule has 0 unspecified atom stereocenters. The molecule has 0 atom stereocenters. The zero-order valence-electron chi connectivity index (χ0n) is 14.7. The van der Waals surface area contributed by atoms with Gasteiger partial charge in [0.1, 0.15) is 0 Å². The minimum atomic E-state index is -0.0531. The quantitative estimate of drug-likeness (QED) is 0.912. The molecule has 5 heteroatoms. The van der Waals surface area contributed by atoms with Gasteiger partial charge in [-0.3, -0.25) is 9.59 Å². The van der Waals surface area contributed by atoms with Crippen LogP contribution in [0.1, 0.15) is 18.4 Å². The van der Waals surface area contributed by atoms with Crippen LogP contribution in [0.2, 0.25) is 0 Å². The van der Waals surface area contributed by atoms with E-state index < -0.39 is 0 Å². The van der Waals surface area contributed by atoms with Crippen molar-refractivity contribution in [3.05, 3.63) is 54.1 Å². The van der Waals surface area contributed by atoms with Gasteiger partial charge in [-0.05, 0) is 48.4 Å². The van der Waals surface area contributed by atoms with E-state index >= 15 is 0 Å². The summed E-state index contributed by atoms with van der Waals surface area (Å²) >= 11 is 0. The standard InChI is InChI=1S/C20H23N3O2/c1-22(2)17-11-7-16(8-12-17)21-19(24)14-15-5-9-18(10-6-15)23-13-3-4-20(23)25/h5-12H,3-4,13-14H2,1-2H3,(H,21,24). The summed E-state index contributed by atoms with van der Waals surface area (Å²) in [5, 5.41) is 2.91. The zero-order chi connectivity index (χ0) is 17.8. The summed E-state index contributed by atoms with van der Waals surface area (Å²) in [5.74, 6) is 0.120. The fourth-order valence-corrected chi connectivity index (χ4v) is 2.95. The van der Waals surface area contributed by atoms with Crippen LogP contribution in [0.3, 0.4) is 0 Å². The molecule has 5 nitrogen and oxygen atoms in total. The van der Waals surface area contributed by atoms with E-state index in [9.17, 15) is 9.59 Å². The first-order valence-corrected chi connectivity index (χ1v) is 8.49. The van der Waals surface area contributed by atoms with Crippen LogP contribution in [0.25, 0.3) is 0 Å². The maximum atomic E-state index is 12.2. The van der Waals surface area contributed by atoms with Crippen molar-refractivity contribution in [2.45, 2.75) is 19.3 Å². The summed E-state index contributed by atoms with van der Waals surface area (Å²) < 4.78 is 0. The van der Waals surface area contributed by atoms with Gasteiger partial charge in [-0.15, -0.1) is 0 Å². The van der Waals surface area contributed by atoms with E-state index in [2.05, 4.69) is 5.32 Å². The van der Waals surface area contributed by atoms with E-state index in [0.29, 0.717) is 12.8 Å². The van der Waals surface area contributed by atoms with Gasteiger partial charge in [0.15, 0.2) is 0 Å². The third kappa shape index (κ3) is 4.18. The van der Waals surface area contributed by atoms with Crippen LogP contribution in [0.5, 0.6) is 0 Å². The van der Waals surface area contributed by atoms with Crippen molar-refractivity contribution in [2.75, 3.05) is 35.8 Å². The Morgan fingerprint density at radius 3 is 2.32 bits per heavy atom. The second-order valence-corrected chi connectivity index (χ2v) is 6.48. The van der Waals surface area contributed by atoms with Gasteiger partial charge in [0.05, 0.1) is 6.42 Å². The molecule has 2 aromatic rings. The van der Waals surface area contributed by atoms with Crippen molar-refractivity contribution < 1.29 is 9.59 Å². The summed E-state index contributed by atoms with van der Waals surface area (Å²) in [7, 11) is 3.96. The summed E-state index contributed by atoms with van der Waals surface area (Å²) in [6, 6.07) is 15.4. The summed E-state index contributed by atoms with van der Waals surface area (Å²) in [6.45, 7) is 0.779. The first kappa shape index (κ1) is 17.0. The Kier molecular flexibility index (Phi) is 5.03. The lowest BCUT2D eigenvalue weighted by atomic mass is 10.1. The van der Waals surface area contributed by atoms with Gasteiger partial charge < -0.3 is 15.1 Å². The average Bonchev–Trinajstić information content (AvgIpc) is 3.02. The molecule has 25 heavy (non-hydrogen) atoms. The molecular weight excluding hydrogens is 314 g/mol. The molecule has 3 rings (SSSR count). The Morgan fingerprint density at radius 1 is 1.08 bits per heavy atom. The SMILES string of the molecule is CN(C)c1ccc(NC(=O)Cc2ccc(N3CCCC3=O)cc2)cc1. The molecule has 1 aliphatic heterocycles. The Balaban J connectivity index is 1.58. The molecule has 0 radical (unpaired) electrons. The highest BCUT2D eigenvalue weighted by atomic mass is 16.2. The molecule has 2 aromatic carbocycles. The molecule has 0 bridgehead atoms. The monoisotopic (exact) mass is 337 g/mol. The lowest BCUT2D eigenvalue weighted by Crippen LogP contribution is -2.23. The minimum Gasteiger partial charge on any atom is -0.378 e. The molecular formula is C20H23N3O2. The Hall–Kier alpha value is -2.82. The van der Waals surface area contributed by atoms with Crippen LogP contribution in [-0.4, -0.2) is 32.5 Å². The van der Waals surface area contributed by atoms with Crippen LogP contribution in [0.15, 0.2) is 48.5 Å². The third-order valence-electron chi connectivity index (χ3n) is 4.35. The molecule has 1 N–H and O–H groups in total. The predicted molar refractivity (Wildman–Crippen MR) is 101 cm³/mol. The lowest BCUT2D eigenvalue weighted by molar-refractivity contribution is -0.117. The van der Waals surface area contributed by atoms with Crippen LogP contribution in [0, 0.1) is 0 Å². The summed E-state index contributed by atoms with van der Waals surface area (Å²) in [5.41, 5.74) is 3.71. The average molecular weight is 337 g/mol. The highest BCUT2D eigenvalue weighted by Crippen LogP contribution is 2.22. The number of hydrogen-bond donors (Lipinski definition) is 1. The van der Waals surface area contributed by atoms with Crippen molar-refractivity contribution in [2.24, 2.45) is 0 Å². The first-order chi connectivity index (χ1) is 12.0. The molecule has 2 amide bonds.